The van der Waals surface area contributed by atoms with Gasteiger partial charge in [-0.25, -0.2) is 9.67 Å². The summed E-state index contributed by atoms with van der Waals surface area (Å²) < 4.78 is 46.5. The minimum atomic E-state index is -4.58. The van der Waals surface area contributed by atoms with Gasteiger partial charge in [0.25, 0.3) is 5.91 Å². The molecule has 0 atom stereocenters. The SMILES string of the molecule is CCCOc1ccc(C(F)(F)F)cc1NC(=O)c1nc(-n2nc(C)cc2C)ccc1Cl. The molecule has 0 aliphatic carbocycles. The van der Waals surface area contributed by atoms with E-state index in [0.717, 1.165) is 23.5 Å². The Morgan fingerprint density at radius 1 is 1.19 bits per heavy atom. The van der Waals surface area contributed by atoms with Crippen LogP contribution < -0.4 is 10.1 Å². The molecule has 31 heavy (non-hydrogen) atoms. The van der Waals surface area contributed by atoms with E-state index in [1.165, 1.54) is 12.1 Å². The van der Waals surface area contributed by atoms with E-state index in [9.17, 15) is 18.0 Å². The number of aryl methyl sites for hydroxylation is 2. The van der Waals surface area contributed by atoms with Crippen molar-refractivity contribution in [2.75, 3.05) is 11.9 Å². The average Bonchev–Trinajstić information content (AvgIpc) is 3.04. The molecule has 164 valence electrons. The third-order valence-corrected chi connectivity index (χ3v) is 4.59. The molecule has 3 aromatic rings. The van der Waals surface area contributed by atoms with Crippen molar-refractivity contribution in [3.8, 4) is 11.6 Å². The van der Waals surface area contributed by atoms with E-state index in [-0.39, 0.29) is 28.8 Å². The van der Waals surface area contributed by atoms with Crippen LogP contribution in [0.3, 0.4) is 0 Å². The van der Waals surface area contributed by atoms with Crippen molar-refractivity contribution < 1.29 is 22.7 Å². The van der Waals surface area contributed by atoms with Gasteiger partial charge in [0, 0.05) is 5.69 Å². The Balaban J connectivity index is 1.97. The Kier molecular flexibility index (Phi) is 6.54. The lowest BCUT2D eigenvalue weighted by Crippen LogP contribution is -2.17. The predicted molar refractivity (Wildman–Crippen MR) is 111 cm³/mol. The first kappa shape index (κ1) is 22.6. The van der Waals surface area contributed by atoms with Crippen LogP contribution in [0, 0.1) is 13.8 Å². The zero-order chi connectivity index (χ0) is 22.8. The van der Waals surface area contributed by atoms with Gasteiger partial charge in [-0.05, 0) is 56.7 Å². The second kappa shape index (κ2) is 8.97. The Morgan fingerprint density at radius 3 is 2.55 bits per heavy atom. The van der Waals surface area contributed by atoms with Crippen molar-refractivity contribution in [1.82, 2.24) is 14.8 Å². The number of alkyl halides is 3. The van der Waals surface area contributed by atoms with Crippen molar-refractivity contribution in [2.24, 2.45) is 0 Å². The number of carbonyl (C=O) groups is 1. The van der Waals surface area contributed by atoms with Gasteiger partial charge in [-0.15, -0.1) is 0 Å². The number of aromatic nitrogens is 3. The first-order valence-corrected chi connectivity index (χ1v) is 9.83. The Bertz CT molecular complexity index is 1110. The van der Waals surface area contributed by atoms with Gasteiger partial charge in [0.05, 0.1) is 28.6 Å². The number of amides is 1. The van der Waals surface area contributed by atoms with Crippen LogP contribution in [-0.4, -0.2) is 27.3 Å². The molecule has 10 heteroatoms. The molecule has 6 nitrogen and oxygen atoms in total. The topological polar surface area (TPSA) is 69.0 Å². The minimum absolute atomic E-state index is 0.0470. The molecular formula is C21H20ClF3N4O2. The number of benzene rings is 1. The van der Waals surface area contributed by atoms with Crippen molar-refractivity contribution in [1.29, 1.82) is 0 Å². The summed E-state index contributed by atoms with van der Waals surface area (Å²) in [4.78, 5) is 17.1. The fourth-order valence-electron chi connectivity index (χ4n) is 2.89. The summed E-state index contributed by atoms with van der Waals surface area (Å²) >= 11 is 6.15. The molecule has 0 saturated carbocycles. The highest BCUT2D eigenvalue weighted by Gasteiger charge is 2.31. The van der Waals surface area contributed by atoms with E-state index >= 15 is 0 Å². The monoisotopic (exact) mass is 452 g/mol. The van der Waals surface area contributed by atoms with Gasteiger partial charge in [0.15, 0.2) is 5.82 Å². The summed E-state index contributed by atoms with van der Waals surface area (Å²) in [5.74, 6) is -0.297. The van der Waals surface area contributed by atoms with Crippen LogP contribution in [-0.2, 0) is 6.18 Å². The molecule has 0 spiro atoms. The highest BCUT2D eigenvalue weighted by Crippen LogP contribution is 2.35. The number of hydrogen-bond donors (Lipinski definition) is 1. The first-order valence-electron chi connectivity index (χ1n) is 9.45. The maximum atomic E-state index is 13.2. The summed E-state index contributed by atoms with van der Waals surface area (Å²) in [7, 11) is 0. The van der Waals surface area contributed by atoms with E-state index in [2.05, 4.69) is 15.4 Å². The summed E-state index contributed by atoms with van der Waals surface area (Å²) in [6, 6.07) is 7.82. The molecule has 0 fully saturated rings. The van der Waals surface area contributed by atoms with Crippen molar-refractivity contribution >= 4 is 23.2 Å². The van der Waals surface area contributed by atoms with Gasteiger partial charge >= 0.3 is 6.18 Å². The molecular weight excluding hydrogens is 433 g/mol. The second-order valence-electron chi connectivity index (χ2n) is 6.85. The molecule has 0 bridgehead atoms. The molecule has 0 aliphatic rings. The highest BCUT2D eigenvalue weighted by molar-refractivity contribution is 6.34. The van der Waals surface area contributed by atoms with Gasteiger partial charge in [0.2, 0.25) is 0 Å². The predicted octanol–water partition coefficient (Wildman–Crippen LogP) is 5.60. The van der Waals surface area contributed by atoms with Crippen molar-refractivity contribution in [3.05, 3.63) is 64.1 Å². The lowest BCUT2D eigenvalue weighted by Gasteiger charge is -2.15. The lowest BCUT2D eigenvalue weighted by atomic mass is 10.1. The van der Waals surface area contributed by atoms with Gasteiger partial charge < -0.3 is 10.1 Å². The number of pyridine rings is 1. The molecule has 0 aliphatic heterocycles. The van der Waals surface area contributed by atoms with Gasteiger partial charge in [-0.1, -0.05) is 18.5 Å². The van der Waals surface area contributed by atoms with Crippen LogP contribution >= 0.6 is 11.6 Å². The molecule has 0 saturated heterocycles. The van der Waals surface area contributed by atoms with E-state index in [1.807, 2.05) is 26.8 Å². The summed E-state index contributed by atoms with van der Waals surface area (Å²) in [6.45, 7) is 5.78. The minimum Gasteiger partial charge on any atom is -0.491 e. The molecule has 2 aromatic heterocycles. The molecule has 1 aromatic carbocycles. The largest absolute Gasteiger partial charge is 0.491 e. The fourth-order valence-corrected chi connectivity index (χ4v) is 3.08. The zero-order valence-corrected chi connectivity index (χ0v) is 17.8. The highest BCUT2D eigenvalue weighted by atomic mass is 35.5. The van der Waals surface area contributed by atoms with Crippen LogP contribution in [0.1, 0.15) is 40.8 Å². The summed E-state index contributed by atoms with van der Waals surface area (Å²) in [5, 5.41) is 6.81. The van der Waals surface area contributed by atoms with Crippen LogP contribution in [0.2, 0.25) is 5.02 Å². The van der Waals surface area contributed by atoms with Crippen LogP contribution in [0.15, 0.2) is 36.4 Å². The zero-order valence-electron chi connectivity index (χ0n) is 17.0. The fraction of sp³-hybridized carbons (Fsp3) is 0.286. The number of carbonyl (C=O) groups excluding carboxylic acids is 1. The first-order chi connectivity index (χ1) is 14.6. The summed E-state index contributed by atoms with van der Waals surface area (Å²) in [5.41, 5.74) is 0.379. The third-order valence-electron chi connectivity index (χ3n) is 4.29. The van der Waals surface area contributed by atoms with E-state index in [4.69, 9.17) is 16.3 Å². The van der Waals surface area contributed by atoms with Crippen molar-refractivity contribution in [2.45, 2.75) is 33.4 Å². The molecule has 1 N–H and O–H groups in total. The van der Waals surface area contributed by atoms with Crippen molar-refractivity contribution in [3.63, 3.8) is 0 Å². The number of ether oxygens (including phenoxy) is 1. The second-order valence-corrected chi connectivity index (χ2v) is 7.26. The third kappa shape index (κ3) is 5.16. The van der Waals surface area contributed by atoms with Gasteiger partial charge in [-0.3, -0.25) is 4.79 Å². The van der Waals surface area contributed by atoms with Crippen LogP contribution in [0.4, 0.5) is 18.9 Å². The Labute approximate surface area is 182 Å². The van der Waals surface area contributed by atoms with Crippen LogP contribution in [0.5, 0.6) is 5.75 Å². The number of nitrogens with one attached hydrogen (secondary N) is 1. The Morgan fingerprint density at radius 2 is 1.94 bits per heavy atom. The van der Waals surface area contributed by atoms with E-state index < -0.39 is 17.6 Å². The number of nitrogens with zero attached hydrogens (tertiary/aromatic N) is 3. The standard InChI is InChI=1S/C21H20ClF3N4O2/c1-4-9-31-17-7-5-14(21(23,24)25)11-16(17)26-20(30)19-15(22)6-8-18(27-19)29-13(3)10-12(2)28-29/h5-8,10-11H,4,9H2,1-3H3,(H,26,30). The molecule has 1 amide bonds. The molecule has 0 unspecified atom stereocenters. The lowest BCUT2D eigenvalue weighted by molar-refractivity contribution is -0.137. The van der Waals surface area contributed by atoms with Gasteiger partial charge in [-0.2, -0.15) is 18.3 Å². The van der Waals surface area contributed by atoms with E-state index in [0.29, 0.717) is 12.2 Å². The van der Waals surface area contributed by atoms with Gasteiger partial charge in [0.1, 0.15) is 11.4 Å². The maximum Gasteiger partial charge on any atom is 0.416 e. The quantitative estimate of drug-likeness (QED) is 0.528. The number of halogens is 4. The molecule has 2 heterocycles. The number of anilines is 1. The Hall–Kier alpha value is -3.07. The molecule has 0 radical (unpaired) electrons. The smallest absolute Gasteiger partial charge is 0.416 e. The number of hydrogen-bond acceptors (Lipinski definition) is 4. The van der Waals surface area contributed by atoms with E-state index in [1.54, 1.807) is 10.7 Å². The maximum absolute atomic E-state index is 13.2. The average molecular weight is 453 g/mol. The number of rotatable bonds is 6. The molecule has 3 rings (SSSR count). The normalized spacial score (nSPS) is 11.5. The van der Waals surface area contributed by atoms with Crippen LogP contribution in [0.25, 0.3) is 5.82 Å². The summed E-state index contributed by atoms with van der Waals surface area (Å²) in [6.07, 6.45) is -3.93.